The van der Waals surface area contributed by atoms with Crippen molar-refractivity contribution in [1.82, 2.24) is 20.1 Å². The van der Waals surface area contributed by atoms with E-state index in [9.17, 15) is 9.50 Å². The van der Waals surface area contributed by atoms with Gasteiger partial charge in [0.2, 0.25) is 0 Å². The summed E-state index contributed by atoms with van der Waals surface area (Å²) >= 11 is 0. The summed E-state index contributed by atoms with van der Waals surface area (Å²) < 4.78 is 19.9. The van der Waals surface area contributed by atoms with Crippen molar-refractivity contribution in [3.8, 4) is 17.0 Å². The van der Waals surface area contributed by atoms with Crippen molar-refractivity contribution < 1.29 is 14.2 Å². The molecule has 1 aliphatic heterocycles. The van der Waals surface area contributed by atoms with Crippen molar-refractivity contribution in [3.63, 3.8) is 0 Å². The molecule has 0 spiro atoms. The topological polar surface area (TPSA) is 89.5 Å². The number of aromatic nitrogens is 3. The minimum atomic E-state index is -0.966. The molecule has 0 aliphatic carbocycles. The molecular weight excluding hydrogens is 447 g/mol. The Morgan fingerprint density at radius 2 is 1.91 bits per heavy atom. The van der Waals surface area contributed by atoms with Gasteiger partial charge in [-0.1, -0.05) is 25.1 Å². The van der Waals surface area contributed by atoms with Crippen LogP contribution >= 0.6 is 0 Å². The highest BCUT2D eigenvalue weighted by atomic mass is 19.1. The van der Waals surface area contributed by atoms with Crippen LogP contribution in [0, 0.1) is 5.82 Å². The second-order valence-electron chi connectivity index (χ2n) is 8.56. The number of hydrogen-bond acceptors (Lipinski definition) is 7. The first-order valence-corrected chi connectivity index (χ1v) is 11.8. The molecule has 8 nitrogen and oxygen atoms in total. The van der Waals surface area contributed by atoms with Crippen LogP contribution in [-0.2, 0) is 0 Å². The van der Waals surface area contributed by atoms with Crippen molar-refractivity contribution in [3.05, 3.63) is 66.1 Å². The van der Waals surface area contributed by atoms with Gasteiger partial charge in [0.1, 0.15) is 11.6 Å². The molecule has 1 unspecified atom stereocenters. The number of benzene rings is 2. The van der Waals surface area contributed by atoms with Gasteiger partial charge in [0, 0.05) is 42.8 Å². The summed E-state index contributed by atoms with van der Waals surface area (Å²) in [4.78, 5) is 9.18. The van der Waals surface area contributed by atoms with Crippen molar-refractivity contribution in [2.45, 2.75) is 13.2 Å². The van der Waals surface area contributed by atoms with Crippen LogP contribution in [0.2, 0.25) is 0 Å². The molecule has 4 aromatic rings. The van der Waals surface area contributed by atoms with E-state index in [1.54, 1.807) is 24.4 Å². The Labute approximate surface area is 203 Å². The van der Waals surface area contributed by atoms with E-state index in [0.717, 1.165) is 44.0 Å². The number of hydrogen-bond donors (Lipinski definition) is 3. The van der Waals surface area contributed by atoms with Crippen LogP contribution in [0.25, 0.3) is 22.2 Å². The molecule has 9 heteroatoms. The van der Waals surface area contributed by atoms with Gasteiger partial charge in [-0.05, 0) is 36.9 Å². The molecule has 0 bridgehead atoms. The number of ether oxygens (including phenoxy) is 1. The lowest BCUT2D eigenvalue weighted by Crippen LogP contribution is -2.46. The predicted molar refractivity (Wildman–Crippen MR) is 135 cm³/mol. The number of nitrogens with one attached hydrogen (secondary N) is 2. The third-order valence-electron chi connectivity index (χ3n) is 6.57. The Hall–Kier alpha value is -3.69. The van der Waals surface area contributed by atoms with Gasteiger partial charge in [-0.2, -0.15) is 5.10 Å². The first-order valence-electron chi connectivity index (χ1n) is 11.8. The lowest BCUT2D eigenvalue weighted by Gasteiger charge is -2.35. The molecule has 182 valence electrons. The van der Waals surface area contributed by atoms with Gasteiger partial charge in [-0.25, -0.2) is 4.39 Å². The maximum atomic E-state index is 14.6. The zero-order valence-electron chi connectivity index (χ0n) is 19.8. The Balaban J connectivity index is 1.35. The highest BCUT2D eigenvalue weighted by Gasteiger charge is 2.19. The Morgan fingerprint density at radius 3 is 2.63 bits per heavy atom. The number of pyridine rings is 1. The van der Waals surface area contributed by atoms with Crippen LogP contribution < -0.4 is 15.0 Å². The fourth-order valence-corrected chi connectivity index (χ4v) is 4.49. The summed E-state index contributed by atoms with van der Waals surface area (Å²) in [5.41, 5.74) is 3.23. The normalized spacial score (nSPS) is 15.4. The number of fused-ring (bicyclic) bond motifs is 1. The number of likely N-dealkylation sites (N-methyl/N-ethyl adjacent to an activating group) is 1. The average Bonchev–Trinajstić information content (AvgIpc) is 3.30. The number of halogens is 1. The number of rotatable bonds is 7. The fraction of sp³-hybridized carbons (Fsp3) is 0.308. The molecular formula is C26H29FN6O2. The molecule has 1 atom stereocenters. The number of nitrogens with zero attached hydrogens (tertiary/aromatic N) is 4. The second-order valence-corrected chi connectivity index (χ2v) is 8.56. The molecule has 35 heavy (non-hydrogen) atoms. The number of aliphatic hydroxyl groups is 1. The monoisotopic (exact) mass is 476 g/mol. The number of anilines is 2. The summed E-state index contributed by atoms with van der Waals surface area (Å²) in [5, 5.41) is 21.8. The van der Waals surface area contributed by atoms with Gasteiger partial charge in [0.25, 0.3) is 0 Å². The molecule has 3 heterocycles. The zero-order chi connectivity index (χ0) is 24.4. The highest BCUT2D eigenvalue weighted by Crippen LogP contribution is 2.34. The quantitative estimate of drug-likeness (QED) is 0.347. The van der Waals surface area contributed by atoms with Crippen LogP contribution in [0.3, 0.4) is 0 Å². The Morgan fingerprint density at radius 1 is 1.14 bits per heavy atom. The molecule has 1 saturated heterocycles. The maximum Gasteiger partial charge on any atom is 0.158 e. The van der Waals surface area contributed by atoms with Crippen molar-refractivity contribution >= 4 is 22.4 Å². The summed E-state index contributed by atoms with van der Waals surface area (Å²) in [6.45, 7) is 7.38. The van der Waals surface area contributed by atoms with E-state index in [4.69, 9.17) is 4.74 Å². The highest BCUT2D eigenvalue weighted by molar-refractivity contribution is 5.92. The Bertz CT molecular complexity index is 1300. The molecule has 0 saturated carbocycles. The van der Waals surface area contributed by atoms with Crippen LogP contribution in [0.4, 0.5) is 15.9 Å². The van der Waals surface area contributed by atoms with E-state index in [1.165, 1.54) is 13.2 Å². The zero-order valence-corrected chi connectivity index (χ0v) is 19.8. The molecule has 3 N–H and O–H groups in total. The summed E-state index contributed by atoms with van der Waals surface area (Å²) in [5.74, 6) is 0.419. The first kappa shape index (κ1) is 23.1. The summed E-state index contributed by atoms with van der Waals surface area (Å²) in [7, 11) is 1.49. The number of aromatic amines is 1. The number of piperazine rings is 1. The van der Waals surface area contributed by atoms with Gasteiger partial charge in [0.15, 0.2) is 12.0 Å². The van der Waals surface area contributed by atoms with Crippen molar-refractivity contribution in [1.29, 1.82) is 0 Å². The number of H-pyrrole nitrogens is 1. The van der Waals surface area contributed by atoms with Crippen LogP contribution in [0.5, 0.6) is 5.75 Å². The average molecular weight is 477 g/mol. The molecule has 1 fully saturated rings. The third-order valence-corrected chi connectivity index (χ3v) is 6.57. The molecule has 0 amide bonds. The smallest absolute Gasteiger partial charge is 0.158 e. The lowest BCUT2D eigenvalue weighted by atomic mass is 10.1. The summed E-state index contributed by atoms with van der Waals surface area (Å²) in [6.07, 6.45) is 0.626. The largest absolute Gasteiger partial charge is 0.496 e. The standard InChI is InChI=1S/C26H29FN6O2/c1-3-32-11-13-33(14-12-32)18-9-7-17(8-10-18)26(34)29-25-19-15-21(28-16-22(19)30-31-25)24-20(27)5-4-6-23(24)35-2/h4-10,15-16,26,34H,3,11-14H2,1-2H3,(H2,29,30,31). The summed E-state index contributed by atoms with van der Waals surface area (Å²) in [6, 6.07) is 14.3. The number of aliphatic hydroxyl groups excluding tert-OH is 1. The van der Waals surface area contributed by atoms with E-state index in [2.05, 4.69) is 37.2 Å². The van der Waals surface area contributed by atoms with Crippen LogP contribution in [-0.4, -0.2) is 65.0 Å². The van der Waals surface area contributed by atoms with E-state index in [0.29, 0.717) is 28.2 Å². The molecule has 1 aliphatic rings. The molecule has 0 radical (unpaired) electrons. The van der Waals surface area contributed by atoms with E-state index < -0.39 is 12.0 Å². The van der Waals surface area contributed by atoms with Crippen LogP contribution in [0.1, 0.15) is 18.7 Å². The van der Waals surface area contributed by atoms with Gasteiger partial charge < -0.3 is 25.0 Å². The first-order chi connectivity index (χ1) is 17.1. The van der Waals surface area contributed by atoms with E-state index in [1.807, 2.05) is 24.3 Å². The van der Waals surface area contributed by atoms with E-state index in [-0.39, 0.29) is 5.56 Å². The van der Waals surface area contributed by atoms with Crippen LogP contribution in [0.15, 0.2) is 54.7 Å². The number of methoxy groups -OCH3 is 1. The maximum absolute atomic E-state index is 14.6. The van der Waals surface area contributed by atoms with E-state index >= 15 is 0 Å². The van der Waals surface area contributed by atoms with Gasteiger partial charge >= 0.3 is 0 Å². The minimum absolute atomic E-state index is 0.278. The SMILES string of the molecule is CCN1CCN(c2ccc(C(O)Nc3n[nH]c4cnc(-c5c(F)cccc5OC)cc34)cc2)CC1. The van der Waals surface area contributed by atoms with Crippen molar-refractivity contribution in [2.24, 2.45) is 0 Å². The van der Waals surface area contributed by atoms with Crippen molar-refractivity contribution in [2.75, 3.05) is 50.1 Å². The minimum Gasteiger partial charge on any atom is -0.496 e. The third kappa shape index (κ3) is 4.65. The van der Waals surface area contributed by atoms with Gasteiger partial charge in [-0.3, -0.25) is 10.1 Å². The second kappa shape index (κ2) is 9.89. The van der Waals surface area contributed by atoms with Gasteiger partial charge in [-0.15, -0.1) is 0 Å². The fourth-order valence-electron chi connectivity index (χ4n) is 4.49. The Kier molecular flexibility index (Phi) is 6.52. The molecule has 2 aromatic carbocycles. The van der Waals surface area contributed by atoms with Gasteiger partial charge in [0.05, 0.1) is 30.1 Å². The molecule has 2 aromatic heterocycles. The molecule has 5 rings (SSSR count). The predicted octanol–water partition coefficient (Wildman–Crippen LogP) is 4.02. The lowest BCUT2D eigenvalue weighted by molar-refractivity contribution is 0.208.